The second-order valence-corrected chi connectivity index (χ2v) is 2.83. The maximum absolute atomic E-state index is 5.23. The lowest BCUT2D eigenvalue weighted by molar-refractivity contribution is 0.0760. The van der Waals surface area contributed by atoms with Gasteiger partial charge in [0.25, 0.3) is 0 Å². The standard InChI is InChI=1S/C10H15N3O2/c1-14-6-7-15-12-8-9-2-4-10(13-11)5-3-9/h2-5,8,13H,6-7,11H2,1H3/b12-8+. The number of ether oxygens (including phenoxy) is 1. The molecular formula is C10H15N3O2. The number of hydrogen-bond acceptors (Lipinski definition) is 5. The first kappa shape index (κ1) is 11.5. The summed E-state index contributed by atoms with van der Waals surface area (Å²) in [5, 5.41) is 3.78. The highest BCUT2D eigenvalue weighted by molar-refractivity contribution is 5.79. The van der Waals surface area contributed by atoms with Gasteiger partial charge in [0.1, 0.15) is 6.61 Å². The fraction of sp³-hybridized carbons (Fsp3) is 0.300. The molecule has 0 radical (unpaired) electrons. The number of nitrogens with one attached hydrogen (secondary N) is 1. The number of benzene rings is 1. The van der Waals surface area contributed by atoms with Gasteiger partial charge in [-0.05, 0) is 17.7 Å². The highest BCUT2D eigenvalue weighted by Crippen LogP contribution is 2.05. The summed E-state index contributed by atoms with van der Waals surface area (Å²) < 4.78 is 4.80. The third-order valence-electron chi connectivity index (χ3n) is 1.73. The Morgan fingerprint density at radius 2 is 2.07 bits per heavy atom. The van der Waals surface area contributed by atoms with Gasteiger partial charge in [-0.15, -0.1) is 0 Å². The summed E-state index contributed by atoms with van der Waals surface area (Å²) in [7, 11) is 1.62. The van der Waals surface area contributed by atoms with Crippen LogP contribution in [0.3, 0.4) is 0 Å². The molecule has 1 aromatic rings. The summed E-state index contributed by atoms with van der Waals surface area (Å²) in [5.74, 6) is 5.23. The van der Waals surface area contributed by atoms with Crippen molar-refractivity contribution in [2.75, 3.05) is 25.7 Å². The number of oxime groups is 1. The molecule has 0 fully saturated rings. The van der Waals surface area contributed by atoms with Crippen LogP contribution in [0.2, 0.25) is 0 Å². The monoisotopic (exact) mass is 209 g/mol. The van der Waals surface area contributed by atoms with E-state index in [-0.39, 0.29) is 0 Å². The largest absolute Gasteiger partial charge is 0.393 e. The van der Waals surface area contributed by atoms with Crippen molar-refractivity contribution in [3.05, 3.63) is 29.8 Å². The highest BCUT2D eigenvalue weighted by Gasteiger charge is 1.89. The molecule has 0 atom stereocenters. The van der Waals surface area contributed by atoms with Crippen molar-refractivity contribution < 1.29 is 9.57 Å². The fourth-order valence-electron chi connectivity index (χ4n) is 0.937. The number of methoxy groups -OCH3 is 1. The van der Waals surface area contributed by atoms with Crippen LogP contribution in [0.4, 0.5) is 5.69 Å². The summed E-state index contributed by atoms with van der Waals surface area (Å²) in [5.41, 5.74) is 4.35. The van der Waals surface area contributed by atoms with Gasteiger partial charge in [0.2, 0.25) is 0 Å². The Morgan fingerprint density at radius 1 is 1.33 bits per heavy atom. The van der Waals surface area contributed by atoms with Crippen LogP contribution < -0.4 is 11.3 Å². The molecule has 0 aromatic heterocycles. The van der Waals surface area contributed by atoms with Crippen LogP contribution in [0.25, 0.3) is 0 Å². The van der Waals surface area contributed by atoms with E-state index in [1.54, 1.807) is 13.3 Å². The van der Waals surface area contributed by atoms with Crippen LogP contribution in [0.5, 0.6) is 0 Å². The molecule has 15 heavy (non-hydrogen) atoms. The summed E-state index contributed by atoms with van der Waals surface area (Å²) in [6.07, 6.45) is 1.63. The first-order chi connectivity index (χ1) is 7.36. The second-order valence-electron chi connectivity index (χ2n) is 2.83. The summed E-state index contributed by atoms with van der Waals surface area (Å²) in [4.78, 5) is 4.94. The van der Waals surface area contributed by atoms with Crippen molar-refractivity contribution in [1.29, 1.82) is 0 Å². The molecule has 0 spiro atoms. The maximum atomic E-state index is 5.23. The number of rotatable bonds is 6. The zero-order valence-corrected chi connectivity index (χ0v) is 8.64. The van der Waals surface area contributed by atoms with Gasteiger partial charge < -0.3 is 15.0 Å². The van der Waals surface area contributed by atoms with Gasteiger partial charge in [-0.25, -0.2) is 0 Å². The summed E-state index contributed by atoms with van der Waals surface area (Å²) in [6, 6.07) is 7.49. The first-order valence-electron chi connectivity index (χ1n) is 4.58. The molecule has 5 heteroatoms. The molecule has 0 saturated carbocycles. The molecule has 0 amide bonds. The van der Waals surface area contributed by atoms with E-state index in [1.165, 1.54) is 0 Å². The van der Waals surface area contributed by atoms with E-state index >= 15 is 0 Å². The number of hydrogen-bond donors (Lipinski definition) is 2. The molecule has 5 nitrogen and oxygen atoms in total. The molecule has 0 aliphatic rings. The van der Waals surface area contributed by atoms with Gasteiger partial charge in [-0.1, -0.05) is 17.3 Å². The lowest BCUT2D eigenvalue weighted by Crippen LogP contribution is -2.06. The van der Waals surface area contributed by atoms with Crippen molar-refractivity contribution in [3.8, 4) is 0 Å². The highest BCUT2D eigenvalue weighted by atomic mass is 16.6. The van der Waals surface area contributed by atoms with Crippen LogP contribution in [0.15, 0.2) is 29.4 Å². The van der Waals surface area contributed by atoms with Gasteiger partial charge in [0.15, 0.2) is 0 Å². The SMILES string of the molecule is COCCO/N=C/c1ccc(NN)cc1. The maximum Gasteiger partial charge on any atom is 0.140 e. The van der Waals surface area contributed by atoms with Crippen molar-refractivity contribution in [3.63, 3.8) is 0 Å². The number of nitrogen functional groups attached to an aromatic ring is 1. The number of nitrogens with two attached hydrogens (primary N) is 1. The minimum absolute atomic E-state index is 0.454. The van der Waals surface area contributed by atoms with Crippen molar-refractivity contribution in [2.24, 2.45) is 11.0 Å². The smallest absolute Gasteiger partial charge is 0.140 e. The van der Waals surface area contributed by atoms with Gasteiger partial charge in [0.05, 0.1) is 12.8 Å². The van der Waals surface area contributed by atoms with Crippen LogP contribution >= 0.6 is 0 Å². The van der Waals surface area contributed by atoms with Crippen LogP contribution in [-0.4, -0.2) is 26.5 Å². The van der Waals surface area contributed by atoms with E-state index in [2.05, 4.69) is 10.6 Å². The van der Waals surface area contributed by atoms with Crippen molar-refractivity contribution in [1.82, 2.24) is 0 Å². The predicted octanol–water partition coefficient (Wildman–Crippen LogP) is 0.969. The van der Waals surface area contributed by atoms with Crippen LogP contribution in [0, 0.1) is 0 Å². The number of nitrogens with zero attached hydrogens (tertiary/aromatic N) is 1. The summed E-state index contributed by atoms with van der Waals surface area (Å²) in [6.45, 7) is 0.989. The zero-order chi connectivity index (χ0) is 10.9. The molecule has 0 heterocycles. The van der Waals surface area contributed by atoms with E-state index in [4.69, 9.17) is 15.4 Å². The molecule has 3 N–H and O–H groups in total. The lowest BCUT2D eigenvalue weighted by Gasteiger charge is -1.99. The van der Waals surface area contributed by atoms with Gasteiger partial charge in [-0.3, -0.25) is 5.84 Å². The Morgan fingerprint density at radius 3 is 2.67 bits per heavy atom. The lowest BCUT2D eigenvalue weighted by atomic mass is 10.2. The normalized spacial score (nSPS) is 10.5. The van der Waals surface area contributed by atoms with E-state index in [9.17, 15) is 0 Å². The molecule has 1 rings (SSSR count). The van der Waals surface area contributed by atoms with E-state index < -0.39 is 0 Å². The molecule has 0 aliphatic carbocycles. The third-order valence-corrected chi connectivity index (χ3v) is 1.73. The predicted molar refractivity (Wildman–Crippen MR) is 59.7 cm³/mol. The van der Waals surface area contributed by atoms with Gasteiger partial charge in [0, 0.05) is 12.8 Å². The average molecular weight is 209 g/mol. The number of hydrazine groups is 1. The molecule has 0 unspecified atom stereocenters. The molecule has 1 aromatic carbocycles. The first-order valence-corrected chi connectivity index (χ1v) is 4.58. The van der Waals surface area contributed by atoms with Crippen molar-refractivity contribution in [2.45, 2.75) is 0 Å². The van der Waals surface area contributed by atoms with Gasteiger partial charge in [-0.2, -0.15) is 0 Å². The fourth-order valence-corrected chi connectivity index (χ4v) is 0.937. The Kier molecular flexibility index (Phi) is 5.21. The van der Waals surface area contributed by atoms with E-state index in [0.29, 0.717) is 13.2 Å². The van der Waals surface area contributed by atoms with Crippen molar-refractivity contribution >= 4 is 11.9 Å². The Balaban J connectivity index is 2.36. The quantitative estimate of drug-likeness (QED) is 0.317. The van der Waals surface area contributed by atoms with E-state index in [0.717, 1.165) is 11.3 Å². The average Bonchev–Trinajstić information content (AvgIpc) is 2.30. The third kappa shape index (κ3) is 4.44. The topological polar surface area (TPSA) is 68.9 Å². The van der Waals surface area contributed by atoms with E-state index in [1.807, 2.05) is 24.3 Å². The minimum Gasteiger partial charge on any atom is -0.393 e. The minimum atomic E-state index is 0.454. The van der Waals surface area contributed by atoms with Crippen LogP contribution in [0.1, 0.15) is 5.56 Å². The van der Waals surface area contributed by atoms with Gasteiger partial charge >= 0.3 is 0 Å². The Bertz CT molecular complexity index is 298. The zero-order valence-electron chi connectivity index (χ0n) is 8.64. The van der Waals surface area contributed by atoms with Crippen LogP contribution in [-0.2, 0) is 9.57 Å². The molecular weight excluding hydrogens is 194 g/mol. The molecule has 0 aliphatic heterocycles. The number of anilines is 1. The second kappa shape index (κ2) is 6.80. The Hall–Kier alpha value is -1.59. The Labute approximate surface area is 88.8 Å². The summed E-state index contributed by atoms with van der Waals surface area (Å²) >= 11 is 0. The molecule has 82 valence electrons. The molecule has 0 bridgehead atoms. The molecule has 0 saturated heterocycles.